The lowest BCUT2D eigenvalue weighted by atomic mass is 10.2. The number of amides is 1. The highest BCUT2D eigenvalue weighted by Gasteiger charge is 2.27. The quantitative estimate of drug-likeness (QED) is 0.194. The van der Waals surface area contributed by atoms with Gasteiger partial charge in [-0.1, -0.05) is 12.8 Å². The number of aliphatic imine (C=N–C) groups is 1. The number of anilines is 1. The SMILES string of the molecule is CC(=O)N1CCN(S(=O)(=O)CCCCCCN=C(NC#N)Nc2ccncc2)CC1. The Hall–Kier alpha value is -2.71. The summed E-state index contributed by atoms with van der Waals surface area (Å²) >= 11 is 0. The van der Waals surface area contributed by atoms with E-state index < -0.39 is 10.0 Å². The predicted molar refractivity (Wildman–Crippen MR) is 115 cm³/mol. The molecule has 30 heavy (non-hydrogen) atoms. The first-order valence-corrected chi connectivity index (χ1v) is 11.6. The molecule has 0 spiro atoms. The van der Waals surface area contributed by atoms with E-state index in [0.717, 1.165) is 24.9 Å². The lowest BCUT2D eigenvalue weighted by molar-refractivity contribution is -0.129. The van der Waals surface area contributed by atoms with Gasteiger partial charge in [0, 0.05) is 57.7 Å². The molecule has 11 heteroatoms. The second kappa shape index (κ2) is 12.1. The van der Waals surface area contributed by atoms with Crippen LogP contribution in [0.1, 0.15) is 32.6 Å². The maximum atomic E-state index is 12.4. The number of hydrogen-bond donors (Lipinski definition) is 2. The number of unbranched alkanes of at least 4 members (excludes halogenated alkanes) is 3. The highest BCUT2D eigenvalue weighted by Crippen LogP contribution is 2.11. The van der Waals surface area contributed by atoms with Crippen LogP contribution in [0.25, 0.3) is 0 Å². The molecule has 0 aromatic carbocycles. The van der Waals surface area contributed by atoms with Gasteiger partial charge in [0.1, 0.15) is 0 Å². The fourth-order valence-electron chi connectivity index (χ4n) is 3.09. The fraction of sp³-hybridized carbons (Fsp3) is 0.579. The lowest BCUT2D eigenvalue weighted by Gasteiger charge is -2.33. The van der Waals surface area contributed by atoms with E-state index >= 15 is 0 Å². The molecule has 0 radical (unpaired) electrons. The first-order valence-electron chi connectivity index (χ1n) is 10.0. The summed E-state index contributed by atoms with van der Waals surface area (Å²) < 4.78 is 26.4. The Labute approximate surface area is 178 Å². The maximum absolute atomic E-state index is 12.4. The molecule has 0 bridgehead atoms. The Morgan fingerprint density at radius 2 is 1.83 bits per heavy atom. The van der Waals surface area contributed by atoms with E-state index in [1.165, 1.54) is 11.2 Å². The molecule has 10 nitrogen and oxygen atoms in total. The van der Waals surface area contributed by atoms with Gasteiger partial charge in [0.2, 0.25) is 21.9 Å². The average Bonchev–Trinajstić information content (AvgIpc) is 2.74. The Morgan fingerprint density at radius 1 is 1.17 bits per heavy atom. The molecule has 1 saturated heterocycles. The number of guanidine groups is 1. The average molecular weight is 436 g/mol. The number of nitriles is 1. The van der Waals surface area contributed by atoms with Crippen LogP contribution in [-0.2, 0) is 14.8 Å². The van der Waals surface area contributed by atoms with Crippen LogP contribution in [0.15, 0.2) is 29.5 Å². The van der Waals surface area contributed by atoms with Crippen LogP contribution in [0.4, 0.5) is 5.69 Å². The zero-order valence-corrected chi connectivity index (χ0v) is 18.1. The second-order valence-electron chi connectivity index (χ2n) is 6.96. The number of sulfonamides is 1. The topological polar surface area (TPSA) is 131 Å². The van der Waals surface area contributed by atoms with Gasteiger partial charge in [-0.15, -0.1) is 0 Å². The fourth-order valence-corrected chi connectivity index (χ4v) is 4.63. The van der Waals surface area contributed by atoms with Gasteiger partial charge >= 0.3 is 0 Å². The van der Waals surface area contributed by atoms with Crippen LogP contribution in [0.3, 0.4) is 0 Å². The van der Waals surface area contributed by atoms with Crippen molar-refractivity contribution in [3.63, 3.8) is 0 Å². The number of piperazine rings is 1. The number of hydrogen-bond acceptors (Lipinski definition) is 6. The van der Waals surface area contributed by atoms with E-state index in [1.807, 2.05) is 6.19 Å². The van der Waals surface area contributed by atoms with Crippen LogP contribution in [-0.4, -0.2) is 73.0 Å². The summed E-state index contributed by atoms with van der Waals surface area (Å²) in [6.07, 6.45) is 8.18. The number of pyridine rings is 1. The van der Waals surface area contributed by atoms with Gasteiger partial charge in [0.05, 0.1) is 5.75 Å². The Kier molecular flexibility index (Phi) is 9.50. The molecule has 2 rings (SSSR count). The molecule has 1 fully saturated rings. The molecular formula is C19H29N7O3S. The standard InChI is InChI=1S/C19H29N7O3S/c1-17(27)25-11-13-26(14-12-25)30(28,29)15-5-3-2-4-8-22-19(23-16-20)24-18-6-9-21-10-7-18/h6-7,9-10H,2-5,8,11-15H2,1H3,(H2,21,22,23,24). The van der Waals surface area contributed by atoms with Crippen molar-refractivity contribution in [3.8, 4) is 6.19 Å². The van der Waals surface area contributed by atoms with Gasteiger partial charge in [-0.3, -0.25) is 20.1 Å². The minimum absolute atomic E-state index is 0.0150. The number of rotatable bonds is 9. The zero-order chi connectivity index (χ0) is 21.8. The summed E-state index contributed by atoms with van der Waals surface area (Å²) in [6.45, 7) is 3.69. The first kappa shape index (κ1) is 23.6. The molecule has 0 aliphatic carbocycles. The molecule has 1 amide bonds. The molecule has 1 aliphatic rings. The Balaban J connectivity index is 1.65. The summed E-state index contributed by atoms with van der Waals surface area (Å²) in [7, 11) is -3.27. The molecule has 1 aliphatic heterocycles. The zero-order valence-electron chi connectivity index (χ0n) is 17.2. The number of aromatic nitrogens is 1. The predicted octanol–water partition coefficient (Wildman–Crippen LogP) is 0.974. The minimum atomic E-state index is -3.27. The smallest absolute Gasteiger partial charge is 0.219 e. The molecule has 1 aromatic rings. The maximum Gasteiger partial charge on any atom is 0.219 e. The lowest BCUT2D eigenvalue weighted by Crippen LogP contribution is -2.50. The molecule has 1 aromatic heterocycles. The molecule has 2 heterocycles. The van der Waals surface area contributed by atoms with Crippen molar-refractivity contribution in [1.29, 1.82) is 5.26 Å². The minimum Gasteiger partial charge on any atom is -0.340 e. The van der Waals surface area contributed by atoms with Gasteiger partial charge in [0.15, 0.2) is 6.19 Å². The number of nitrogens with one attached hydrogen (secondary N) is 2. The summed E-state index contributed by atoms with van der Waals surface area (Å²) in [5.74, 6) is 0.482. The van der Waals surface area contributed by atoms with E-state index in [9.17, 15) is 13.2 Å². The van der Waals surface area contributed by atoms with E-state index in [-0.39, 0.29) is 11.7 Å². The summed E-state index contributed by atoms with van der Waals surface area (Å²) in [4.78, 5) is 21.3. The van der Waals surface area contributed by atoms with E-state index in [4.69, 9.17) is 5.26 Å². The Morgan fingerprint density at radius 3 is 2.47 bits per heavy atom. The van der Waals surface area contributed by atoms with Crippen LogP contribution in [0, 0.1) is 11.5 Å². The van der Waals surface area contributed by atoms with Crippen molar-refractivity contribution in [2.24, 2.45) is 4.99 Å². The number of carbonyl (C=O) groups is 1. The monoisotopic (exact) mass is 435 g/mol. The summed E-state index contributed by atoms with van der Waals surface area (Å²) in [6, 6.07) is 3.55. The highest BCUT2D eigenvalue weighted by molar-refractivity contribution is 7.89. The van der Waals surface area contributed by atoms with Crippen molar-refractivity contribution in [1.82, 2.24) is 19.5 Å². The normalized spacial score (nSPS) is 15.5. The first-order chi connectivity index (χ1) is 14.4. The molecule has 0 saturated carbocycles. The molecule has 2 N–H and O–H groups in total. The third-order valence-electron chi connectivity index (χ3n) is 4.78. The third-order valence-corrected chi connectivity index (χ3v) is 6.73. The van der Waals surface area contributed by atoms with Gasteiger partial charge in [-0.05, 0) is 25.0 Å². The number of carbonyl (C=O) groups excluding carboxylic acids is 1. The number of nitrogens with zero attached hydrogens (tertiary/aromatic N) is 5. The van der Waals surface area contributed by atoms with Gasteiger partial charge < -0.3 is 10.2 Å². The van der Waals surface area contributed by atoms with Crippen LogP contribution in [0.2, 0.25) is 0 Å². The van der Waals surface area contributed by atoms with Crippen LogP contribution < -0.4 is 10.6 Å². The molecule has 164 valence electrons. The van der Waals surface area contributed by atoms with Crippen molar-refractivity contribution in [2.45, 2.75) is 32.6 Å². The van der Waals surface area contributed by atoms with E-state index in [2.05, 4.69) is 20.6 Å². The highest BCUT2D eigenvalue weighted by atomic mass is 32.2. The second-order valence-corrected chi connectivity index (χ2v) is 9.05. The van der Waals surface area contributed by atoms with Gasteiger partial charge in [-0.2, -0.15) is 9.57 Å². The van der Waals surface area contributed by atoms with Crippen molar-refractivity contribution >= 4 is 27.6 Å². The van der Waals surface area contributed by atoms with E-state index in [0.29, 0.717) is 45.1 Å². The summed E-state index contributed by atoms with van der Waals surface area (Å²) in [5, 5.41) is 14.4. The van der Waals surface area contributed by atoms with Gasteiger partial charge in [-0.25, -0.2) is 8.42 Å². The van der Waals surface area contributed by atoms with E-state index in [1.54, 1.807) is 29.4 Å². The van der Waals surface area contributed by atoms with Crippen molar-refractivity contribution in [3.05, 3.63) is 24.5 Å². The van der Waals surface area contributed by atoms with Crippen molar-refractivity contribution < 1.29 is 13.2 Å². The van der Waals surface area contributed by atoms with Crippen molar-refractivity contribution in [2.75, 3.05) is 43.8 Å². The van der Waals surface area contributed by atoms with Gasteiger partial charge in [0.25, 0.3) is 0 Å². The van der Waals surface area contributed by atoms with Crippen LogP contribution in [0.5, 0.6) is 0 Å². The molecular weight excluding hydrogens is 406 g/mol. The van der Waals surface area contributed by atoms with Crippen LogP contribution >= 0.6 is 0 Å². The third kappa shape index (κ3) is 7.96. The molecule has 0 atom stereocenters. The molecule has 0 unspecified atom stereocenters. The Bertz CT molecular complexity index is 845. The largest absolute Gasteiger partial charge is 0.340 e. The summed E-state index contributed by atoms with van der Waals surface area (Å²) in [5.41, 5.74) is 0.779.